The number of carbonyl (C=O) groups is 2. The highest BCUT2D eigenvalue weighted by molar-refractivity contribution is 7.92. The Bertz CT molecular complexity index is 1000. The zero-order valence-corrected chi connectivity index (χ0v) is 16.6. The highest BCUT2D eigenvalue weighted by Crippen LogP contribution is 2.20. The Morgan fingerprint density at radius 1 is 1.11 bits per heavy atom. The number of nitrogens with zero attached hydrogens (tertiary/aromatic N) is 1. The van der Waals surface area contributed by atoms with Crippen LogP contribution in [0, 0.1) is 6.92 Å². The van der Waals surface area contributed by atoms with Crippen LogP contribution in [0.5, 0.6) is 0 Å². The number of amides is 2. The summed E-state index contributed by atoms with van der Waals surface area (Å²) in [7, 11) is -2.33. The second-order valence-electron chi connectivity index (χ2n) is 7.01. The van der Waals surface area contributed by atoms with Gasteiger partial charge >= 0.3 is 0 Å². The number of benzene rings is 2. The Balaban J connectivity index is 1.73. The van der Waals surface area contributed by atoms with Crippen molar-refractivity contribution in [2.45, 2.75) is 30.7 Å². The molecule has 0 bridgehead atoms. The third-order valence-electron chi connectivity index (χ3n) is 4.33. The Morgan fingerprint density at radius 3 is 2.50 bits per heavy atom. The van der Waals surface area contributed by atoms with E-state index in [0.717, 1.165) is 18.4 Å². The van der Waals surface area contributed by atoms with E-state index in [9.17, 15) is 18.0 Å². The number of nitrogens with one attached hydrogen (secondary N) is 2. The van der Waals surface area contributed by atoms with Gasteiger partial charge in [0.25, 0.3) is 15.9 Å². The average Bonchev–Trinajstić information content (AvgIpc) is 3.44. The summed E-state index contributed by atoms with van der Waals surface area (Å²) in [6.07, 6.45) is 1.94. The summed E-state index contributed by atoms with van der Waals surface area (Å²) in [5, 5.41) is 2.82. The largest absolute Gasteiger partial charge is 0.352 e. The fourth-order valence-corrected chi connectivity index (χ4v) is 3.82. The molecule has 28 heavy (non-hydrogen) atoms. The van der Waals surface area contributed by atoms with E-state index >= 15 is 0 Å². The molecule has 3 rings (SSSR count). The van der Waals surface area contributed by atoms with Gasteiger partial charge in [-0.1, -0.05) is 18.2 Å². The molecule has 7 nitrogen and oxygen atoms in total. The maximum Gasteiger partial charge on any atom is 0.261 e. The van der Waals surface area contributed by atoms with Gasteiger partial charge in [-0.3, -0.25) is 14.3 Å². The standard InChI is InChI=1S/C20H23N3O4S/c1-14-5-3-7-17(11-14)22-28(26,27)18-8-4-6-15(12-18)20(25)23(2)13-19(24)21-16-9-10-16/h3-8,11-12,16,22H,9-10,13H2,1-2H3,(H,21,24). The lowest BCUT2D eigenvalue weighted by Gasteiger charge is -2.17. The molecule has 0 heterocycles. The van der Waals surface area contributed by atoms with E-state index in [4.69, 9.17) is 0 Å². The molecule has 0 saturated heterocycles. The first-order valence-corrected chi connectivity index (χ1v) is 10.5. The van der Waals surface area contributed by atoms with Crippen LogP contribution < -0.4 is 10.0 Å². The number of anilines is 1. The van der Waals surface area contributed by atoms with E-state index in [1.807, 2.05) is 13.0 Å². The molecule has 0 atom stereocenters. The van der Waals surface area contributed by atoms with Crippen molar-refractivity contribution in [1.29, 1.82) is 0 Å². The summed E-state index contributed by atoms with van der Waals surface area (Å²) in [4.78, 5) is 25.7. The number of rotatable bonds is 7. The maximum absolute atomic E-state index is 12.7. The zero-order chi connectivity index (χ0) is 20.3. The second kappa shape index (κ2) is 8.02. The molecule has 1 saturated carbocycles. The van der Waals surface area contributed by atoms with Crippen molar-refractivity contribution in [3.63, 3.8) is 0 Å². The molecule has 0 spiro atoms. The monoisotopic (exact) mass is 401 g/mol. The van der Waals surface area contributed by atoms with Crippen molar-refractivity contribution in [2.24, 2.45) is 0 Å². The van der Waals surface area contributed by atoms with E-state index in [2.05, 4.69) is 10.0 Å². The van der Waals surface area contributed by atoms with Crippen LogP contribution in [-0.4, -0.2) is 44.8 Å². The molecule has 2 aromatic carbocycles. The zero-order valence-electron chi connectivity index (χ0n) is 15.8. The fraction of sp³-hybridized carbons (Fsp3) is 0.300. The fourth-order valence-electron chi connectivity index (χ4n) is 2.73. The Hall–Kier alpha value is -2.87. The molecular formula is C20H23N3O4S. The lowest BCUT2D eigenvalue weighted by Crippen LogP contribution is -2.39. The van der Waals surface area contributed by atoms with Gasteiger partial charge in [-0.05, 0) is 55.7 Å². The van der Waals surface area contributed by atoms with Gasteiger partial charge < -0.3 is 10.2 Å². The van der Waals surface area contributed by atoms with Gasteiger partial charge in [0, 0.05) is 24.3 Å². The summed E-state index contributed by atoms with van der Waals surface area (Å²) < 4.78 is 27.8. The first-order chi connectivity index (χ1) is 13.2. The minimum atomic E-state index is -3.84. The number of hydrogen-bond acceptors (Lipinski definition) is 4. The number of likely N-dealkylation sites (N-methyl/N-ethyl adjacent to an activating group) is 1. The van der Waals surface area contributed by atoms with Gasteiger partial charge in [0.1, 0.15) is 0 Å². The average molecular weight is 401 g/mol. The van der Waals surface area contributed by atoms with Crippen LogP contribution in [0.1, 0.15) is 28.8 Å². The molecule has 0 aromatic heterocycles. The van der Waals surface area contributed by atoms with Crippen LogP contribution in [0.4, 0.5) is 5.69 Å². The van der Waals surface area contributed by atoms with Crippen molar-refractivity contribution in [1.82, 2.24) is 10.2 Å². The molecular weight excluding hydrogens is 378 g/mol. The first kappa shape index (κ1) is 19.9. The highest BCUT2D eigenvalue weighted by Gasteiger charge is 2.25. The van der Waals surface area contributed by atoms with Gasteiger partial charge in [-0.25, -0.2) is 8.42 Å². The second-order valence-corrected chi connectivity index (χ2v) is 8.69. The van der Waals surface area contributed by atoms with Crippen LogP contribution >= 0.6 is 0 Å². The quantitative estimate of drug-likeness (QED) is 0.743. The van der Waals surface area contributed by atoms with Crippen molar-refractivity contribution < 1.29 is 18.0 Å². The van der Waals surface area contributed by atoms with Crippen LogP contribution in [-0.2, 0) is 14.8 Å². The third-order valence-corrected chi connectivity index (χ3v) is 5.71. The summed E-state index contributed by atoms with van der Waals surface area (Å²) in [6.45, 7) is 1.79. The van der Waals surface area contributed by atoms with Gasteiger partial charge in [0.2, 0.25) is 5.91 Å². The molecule has 2 aromatic rings. The number of sulfonamides is 1. The molecule has 1 aliphatic carbocycles. The number of aryl methyl sites for hydroxylation is 1. The smallest absolute Gasteiger partial charge is 0.261 e. The van der Waals surface area contributed by atoms with Gasteiger partial charge in [-0.15, -0.1) is 0 Å². The number of hydrogen-bond donors (Lipinski definition) is 2. The predicted molar refractivity (Wildman–Crippen MR) is 107 cm³/mol. The minimum Gasteiger partial charge on any atom is -0.352 e. The van der Waals surface area contributed by atoms with Crippen molar-refractivity contribution in [3.8, 4) is 0 Å². The molecule has 2 amide bonds. The van der Waals surface area contributed by atoms with Crippen LogP contribution in [0.25, 0.3) is 0 Å². The van der Waals surface area contributed by atoms with E-state index in [1.165, 1.54) is 36.2 Å². The molecule has 8 heteroatoms. The topological polar surface area (TPSA) is 95.6 Å². The van der Waals surface area contributed by atoms with Crippen molar-refractivity contribution in [3.05, 3.63) is 59.7 Å². The molecule has 0 aliphatic heterocycles. The minimum absolute atomic E-state index is 0.0179. The number of carbonyl (C=O) groups excluding carboxylic acids is 2. The maximum atomic E-state index is 12.7. The van der Waals surface area contributed by atoms with Gasteiger partial charge in [-0.2, -0.15) is 0 Å². The lowest BCUT2D eigenvalue weighted by molar-refractivity contribution is -0.121. The van der Waals surface area contributed by atoms with Gasteiger partial charge in [0.05, 0.1) is 11.4 Å². The molecule has 148 valence electrons. The SMILES string of the molecule is Cc1cccc(NS(=O)(=O)c2cccc(C(=O)N(C)CC(=O)NC3CC3)c2)c1. The molecule has 1 aliphatic rings. The summed E-state index contributed by atoms with van der Waals surface area (Å²) in [6, 6.07) is 13.0. The molecule has 1 fully saturated rings. The van der Waals surface area contributed by atoms with E-state index in [1.54, 1.807) is 18.2 Å². The molecule has 0 radical (unpaired) electrons. The van der Waals surface area contributed by atoms with Gasteiger partial charge in [0.15, 0.2) is 0 Å². The molecule has 2 N–H and O–H groups in total. The Morgan fingerprint density at radius 2 is 1.82 bits per heavy atom. The summed E-state index contributed by atoms with van der Waals surface area (Å²) in [5.41, 5.74) is 1.58. The molecule has 0 unspecified atom stereocenters. The van der Waals surface area contributed by atoms with Crippen LogP contribution in [0.3, 0.4) is 0 Å². The van der Waals surface area contributed by atoms with Crippen molar-refractivity contribution in [2.75, 3.05) is 18.3 Å². The highest BCUT2D eigenvalue weighted by atomic mass is 32.2. The van der Waals surface area contributed by atoms with E-state index < -0.39 is 15.9 Å². The van der Waals surface area contributed by atoms with Crippen LogP contribution in [0.15, 0.2) is 53.4 Å². The predicted octanol–water partition coefficient (Wildman–Crippen LogP) is 2.15. The first-order valence-electron chi connectivity index (χ1n) is 8.99. The van der Waals surface area contributed by atoms with Crippen LogP contribution in [0.2, 0.25) is 0 Å². The van der Waals surface area contributed by atoms with Crippen molar-refractivity contribution >= 4 is 27.5 Å². The summed E-state index contributed by atoms with van der Waals surface area (Å²) >= 11 is 0. The van der Waals surface area contributed by atoms with E-state index in [-0.39, 0.29) is 29.0 Å². The Kier molecular flexibility index (Phi) is 5.69. The lowest BCUT2D eigenvalue weighted by atomic mass is 10.2. The normalized spacial score (nSPS) is 13.6. The van der Waals surface area contributed by atoms with E-state index in [0.29, 0.717) is 5.69 Å². The summed E-state index contributed by atoms with van der Waals surface area (Å²) in [5.74, 6) is -0.637. The third kappa shape index (κ3) is 5.10. The Labute approximate surface area is 164 Å².